The molecule has 0 saturated heterocycles. The maximum absolute atomic E-state index is 12.3. The van der Waals surface area contributed by atoms with Crippen LogP contribution in [0.2, 0.25) is 0 Å². The molecular formula is C15H20BrNOS. The molecule has 1 amide bonds. The lowest BCUT2D eigenvalue weighted by atomic mass is 9.69. The summed E-state index contributed by atoms with van der Waals surface area (Å²) in [5.41, 5.74) is 1.38. The van der Waals surface area contributed by atoms with Crippen molar-refractivity contribution in [3.8, 4) is 0 Å². The van der Waals surface area contributed by atoms with E-state index in [-0.39, 0.29) is 11.3 Å². The topological polar surface area (TPSA) is 29.1 Å². The molecule has 2 aliphatic rings. The van der Waals surface area contributed by atoms with Crippen LogP contribution in [0.15, 0.2) is 15.2 Å². The second-order valence-corrected chi connectivity index (χ2v) is 9.07. The zero-order valence-corrected chi connectivity index (χ0v) is 14.0. The van der Waals surface area contributed by atoms with Crippen molar-refractivity contribution >= 4 is 33.2 Å². The first kappa shape index (κ1) is 13.6. The Kier molecular flexibility index (Phi) is 3.10. The van der Waals surface area contributed by atoms with Crippen LogP contribution < -0.4 is 5.32 Å². The molecule has 2 aliphatic carbocycles. The average Bonchev–Trinajstić information content (AvgIpc) is 2.91. The number of amides is 1. The second-order valence-electron chi connectivity index (χ2n) is 6.78. The number of hydrogen-bond donors (Lipinski definition) is 1. The molecule has 3 unspecified atom stereocenters. The number of rotatable bonds is 2. The van der Waals surface area contributed by atoms with Gasteiger partial charge >= 0.3 is 0 Å². The minimum Gasteiger partial charge on any atom is -0.349 e. The van der Waals surface area contributed by atoms with Gasteiger partial charge in [0.05, 0.1) is 9.35 Å². The van der Waals surface area contributed by atoms with E-state index >= 15 is 0 Å². The van der Waals surface area contributed by atoms with Gasteiger partial charge in [-0.1, -0.05) is 20.8 Å². The van der Waals surface area contributed by atoms with Crippen molar-refractivity contribution in [2.45, 2.75) is 46.1 Å². The molecule has 1 N–H and O–H groups in total. The Morgan fingerprint density at radius 1 is 1.47 bits per heavy atom. The van der Waals surface area contributed by atoms with Crippen molar-refractivity contribution in [3.63, 3.8) is 0 Å². The van der Waals surface area contributed by atoms with Crippen LogP contribution in [-0.4, -0.2) is 11.9 Å². The number of carbonyl (C=O) groups excluding carboxylic acids is 1. The van der Waals surface area contributed by atoms with Gasteiger partial charge in [0.15, 0.2) is 0 Å². The molecule has 1 heterocycles. The fraction of sp³-hybridized carbons (Fsp3) is 0.667. The normalized spacial score (nSPS) is 35.6. The summed E-state index contributed by atoms with van der Waals surface area (Å²) >= 11 is 4.97. The third-order valence-electron chi connectivity index (χ3n) is 5.93. The smallest absolute Gasteiger partial charge is 0.252 e. The molecule has 1 aromatic rings. The highest BCUT2D eigenvalue weighted by atomic mass is 79.9. The second kappa shape index (κ2) is 4.32. The van der Waals surface area contributed by atoms with Crippen LogP contribution in [0.3, 0.4) is 0 Å². The maximum Gasteiger partial charge on any atom is 0.252 e. The molecule has 3 rings (SSSR count). The highest BCUT2D eigenvalue weighted by Crippen LogP contribution is 2.65. The minimum atomic E-state index is 0.0801. The lowest BCUT2D eigenvalue weighted by Gasteiger charge is -2.39. The highest BCUT2D eigenvalue weighted by Gasteiger charge is 2.61. The van der Waals surface area contributed by atoms with Gasteiger partial charge in [0.2, 0.25) is 0 Å². The molecule has 104 valence electrons. The number of carbonyl (C=O) groups is 1. The molecule has 2 fully saturated rings. The van der Waals surface area contributed by atoms with Crippen molar-refractivity contribution in [1.29, 1.82) is 0 Å². The molecule has 2 nitrogen and oxygen atoms in total. The van der Waals surface area contributed by atoms with E-state index in [4.69, 9.17) is 0 Å². The average molecular weight is 342 g/mol. The van der Waals surface area contributed by atoms with Crippen LogP contribution in [0.5, 0.6) is 0 Å². The number of thiophene rings is 1. The molecule has 0 aromatic carbocycles. The van der Waals surface area contributed by atoms with Gasteiger partial charge in [-0.3, -0.25) is 4.79 Å². The fourth-order valence-corrected chi connectivity index (χ4v) is 5.23. The lowest BCUT2D eigenvalue weighted by Crippen LogP contribution is -2.46. The van der Waals surface area contributed by atoms with E-state index in [1.54, 1.807) is 11.3 Å². The summed E-state index contributed by atoms with van der Waals surface area (Å²) in [5, 5.41) is 5.20. The SMILES string of the molecule is CC1(C)C2CCC1(C)C(NC(=O)c1csc(Br)c1)C2. The van der Waals surface area contributed by atoms with Crippen LogP contribution in [-0.2, 0) is 0 Å². The summed E-state index contributed by atoms with van der Waals surface area (Å²) in [7, 11) is 0. The largest absolute Gasteiger partial charge is 0.349 e. The van der Waals surface area contributed by atoms with Gasteiger partial charge in [0.25, 0.3) is 5.91 Å². The molecule has 3 atom stereocenters. The van der Waals surface area contributed by atoms with Gasteiger partial charge in [0.1, 0.15) is 0 Å². The Balaban J connectivity index is 1.77. The van der Waals surface area contributed by atoms with Gasteiger partial charge in [0, 0.05) is 11.4 Å². The molecule has 2 bridgehead atoms. The van der Waals surface area contributed by atoms with Gasteiger partial charge < -0.3 is 5.32 Å². The van der Waals surface area contributed by atoms with Crippen molar-refractivity contribution in [2.24, 2.45) is 16.7 Å². The molecule has 19 heavy (non-hydrogen) atoms. The van der Waals surface area contributed by atoms with Crippen LogP contribution in [0.1, 0.15) is 50.4 Å². The Labute approximate surface area is 127 Å². The van der Waals surface area contributed by atoms with E-state index in [1.807, 2.05) is 11.4 Å². The summed E-state index contributed by atoms with van der Waals surface area (Å²) in [6.45, 7) is 7.10. The summed E-state index contributed by atoms with van der Waals surface area (Å²) in [6.07, 6.45) is 3.70. The number of halogens is 1. The van der Waals surface area contributed by atoms with E-state index in [1.165, 1.54) is 12.8 Å². The number of fused-ring (bicyclic) bond motifs is 2. The van der Waals surface area contributed by atoms with Crippen LogP contribution in [0.4, 0.5) is 0 Å². The summed E-state index contributed by atoms with van der Waals surface area (Å²) in [6, 6.07) is 2.23. The quantitative estimate of drug-likeness (QED) is 0.845. The van der Waals surface area contributed by atoms with Crippen molar-refractivity contribution in [3.05, 3.63) is 20.8 Å². The van der Waals surface area contributed by atoms with Gasteiger partial charge in [-0.15, -0.1) is 11.3 Å². The van der Waals surface area contributed by atoms with Crippen molar-refractivity contribution < 1.29 is 4.79 Å². The predicted molar refractivity (Wildman–Crippen MR) is 82.5 cm³/mol. The zero-order valence-electron chi connectivity index (χ0n) is 11.6. The van der Waals surface area contributed by atoms with Crippen molar-refractivity contribution in [2.75, 3.05) is 0 Å². The Bertz CT molecular complexity index is 524. The van der Waals surface area contributed by atoms with Crippen LogP contribution in [0, 0.1) is 16.7 Å². The monoisotopic (exact) mass is 341 g/mol. The molecule has 2 saturated carbocycles. The molecular weight excluding hydrogens is 322 g/mol. The maximum atomic E-state index is 12.3. The van der Waals surface area contributed by atoms with E-state index < -0.39 is 0 Å². The summed E-state index contributed by atoms with van der Waals surface area (Å²) in [5.74, 6) is 0.841. The first-order chi connectivity index (χ1) is 8.84. The zero-order chi connectivity index (χ0) is 13.8. The predicted octanol–water partition coefficient (Wildman–Crippen LogP) is 4.46. The highest BCUT2D eigenvalue weighted by molar-refractivity contribution is 9.11. The molecule has 1 aromatic heterocycles. The first-order valence-electron chi connectivity index (χ1n) is 6.89. The standard InChI is InChI=1S/C15H20BrNOS/c1-14(2)10-4-5-15(14,3)11(7-10)17-13(18)9-6-12(16)19-8-9/h6,8,10-11H,4-5,7H2,1-3H3,(H,17,18). The minimum absolute atomic E-state index is 0.0801. The molecule has 4 heteroatoms. The first-order valence-corrected chi connectivity index (χ1v) is 8.57. The Hall–Kier alpha value is -0.350. The Morgan fingerprint density at radius 2 is 2.21 bits per heavy atom. The fourth-order valence-electron chi connectivity index (χ4n) is 4.09. The van der Waals surface area contributed by atoms with E-state index in [2.05, 4.69) is 42.0 Å². The summed E-state index contributed by atoms with van der Waals surface area (Å²) in [4.78, 5) is 12.3. The Morgan fingerprint density at radius 3 is 2.68 bits per heavy atom. The van der Waals surface area contributed by atoms with Crippen LogP contribution >= 0.6 is 27.3 Å². The van der Waals surface area contributed by atoms with E-state index in [0.29, 0.717) is 11.5 Å². The van der Waals surface area contributed by atoms with Crippen molar-refractivity contribution in [1.82, 2.24) is 5.32 Å². The van der Waals surface area contributed by atoms with Gasteiger partial charge in [-0.25, -0.2) is 0 Å². The van der Waals surface area contributed by atoms with Gasteiger partial charge in [-0.05, 0) is 58.0 Å². The molecule has 0 spiro atoms. The van der Waals surface area contributed by atoms with E-state index in [9.17, 15) is 4.79 Å². The van der Waals surface area contributed by atoms with E-state index in [0.717, 1.165) is 21.7 Å². The number of nitrogens with one attached hydrogen (secondary N) is 1. The third kappa shape index (κ3) is 1.90. The van der Waals surface area contributed by atoms with Crippen LogP contribution in [0.25, 0.3) is 0 Å². The van der Waals surface area contributed by atoms with Gasteiger partial charge in [-0.2, -0.15) is 0 Å². The molecule has 0 radical (unpaired) electrons. The lowest BCUT2D eigenvalue weighted by molar-refractivity contribution is 0.0826. The third-order valence-corrected chi connectivity index (χ3v) is 7.43. The molecule has 0 aliphatic heterocycles. The number of hydrogen-bond acceptors (Lipinski definition) is 2. The summed E-state index contributed by atoms with van der Waals surface area (Å²) < 4.78 is 1.01.